The molecule has 2 heterocycles. The number of hydrogen-bond acceptors (Lipinski definition) is 4. The Morgan fingerprint density at radius 3 is 2.83 bits per heavy atom. The van der Waals surface area contributed by atoms with Crippen LogP contribution in [0.2, 0.25) is 0 Å². The normalized spacial score (nSPS) is 10.8. The van der Waals surface area contributed by atoms with Gasteiger partial charge < -0.3 is 5.32 Å². The van der Waals surface area contributed by atoms with Gasteiger partial charge in [0.15, 0.2) is 0 Å². The molecule has 0 unspecified atom stereocenters. The Kier molecular flexibility index (Phi) is 4.75. The van der Waals surface area contributed by atoms with Crippen molar-refractivity contribution in [3.05, 3.63) is 28.2 Å². The van der Waals surface area contributed by atoms with Gasteiger partial charge >= 0.3 is 0 Å². The van der Waals surface area contributed by atoms with Crippen molar-refractivity contribution in [2.45, 2.75) is 39.7 Å². The summed E-state index contributed by atoms with van der Waals surface area (Å²) < 4.78 is 2.16. The molecular formula is C13H20N4S. The highest BCUT2D eigenvalue weighted by Crippen LogP contribution is 2.14. The monoisotopic (exact) mass is 264 g/mol. The van der Waals surface area contributed by atoms with Gasteiger partial charge in [-0.25, -0.2) is 0 Å². The Morgan fingerprint density at radius 2 is 2.17 bits per heavy atom. The summed E-state index contributed by atoms with van der Waals surface area (Å²) in [5.41, 5.74) is 0. The van der Waals surface area contributed by atoms with Crippen molar-refractivity contribution in [1.29, 1.82) is 0 Å². The highest BCUT2D eigenvalue weighted by Gasteiger charge is 2.09. The van der Waals surface area contributed by atoms with E-state index in [4.69, 9.17) is 0 Å². The maximum atomic E-state index is 4.28. The summed E-state index contributed by atoms with van der Waals surface area (Å²) in [7, 11) is 0. The SMILES string of the molecule is CCNc1nnc(CCCc2cccs2)n1CC. The van der Waals surface area contributed by atoms with E-state index >= 15 is 0 Å². The predicted molar refractivity (Wildman–Crippen MR) is 76.2 cm³/mol. The summed E-state index contributed by atoms with van der Waals surface area (Å²) in [6.07, 6.45) is 3.25. The van der Waals surface area contributed by atoms with E-state index in [0.717, 1.165) is 44.1 Å². The Morgan fingerprint density at radius 1 is 1.28 bits per heavy atom. The van der Waals surface area contributed by atoms with Crippen molar-refractivity contribution in [2.24, 2.45) is 0 Å². The number of nitrogens with zero attached hydrogens (tertiary/aromatic N) is 3. The lowest BCUT2D eigenvalue weighted by Crippen LogP contribution is -2.08. The molecule has 0 saturated heterocycles. The maximum absolute atomic E-state index is 4.28. The molecule has 0 amide bonds. The fourth-order valence-electron chi connectivity index (χ4n) is 2.02. The third kappa shape index (κ3) is 3.10. The van der Waals surface area contributed by atoms with Crippen LogP contribution in [0.5, 0.6) is 0 Å². The number of rotatable bonds is 7. The molecule has 0 aliphatic carbocycles. The fraction of sp³-hybridized carbons (Fsp3) is 0.538. The van der Waals surface area contributed by atoms with Crippen molar-refractivity contribution in [2.75, 3.05) is 11.9 Å². The average Bonchev–Trinajstić information content (AvgIpc) is 3.00. The van der Waals surface area contributed by atoms with Gasteiger partial charge in [0.25, 0.3) is 0 Å². The third-order valence-corrected chi connectivity index (χ3v) is 3.82. The van der Waals surface area contributed by atoms with Crippen LogP contribution in [-0.2, 0) is 19.4 Å². The Balaban J connectivity index is 1.92. The number of aromatic nitrogens is 3. The highest BCUT2D eigenvalue weighted by atomic mass is 32.1. The lowest BCUT2D eigenvalue weighted by atomic mass is 10.2. The first kappa shape index (κ1) is 13.1. The molecule has 0 fully saturated rings. The van der Waals surface area contributed by atoms with Gasteiger partial charge in [-0.2, -0.15) is 0 Å². The van der Waals surface area contributed by atoms with E-state index in [1.54, 1.807) is 0 Å². The smallest absolute Gasteiger partial charge is 0.224 e. The molecule has 0 aromatic carbocycles. The zero-order valence-electron chi connectivity index (χ0n) is 11.0. The topological polar surface area (TPSA) is 42.7 Å². The molecule has 0 atom stereocenters. The molecule has 98 valence electrons. The van der Waals surface area contributed by atoms with E-state index in [2.05, 4.69) is 51.4 Å². The van der Waals surface area contributed by atoms with Gasteiger partial charge in [-0.15, -0.1) is 21.5 Å². The van der Waals surface area contributed by atoms with E-state index in [1.807, 2.05) is 11.3 Å². The number of thiophene rings is 1. The number of aryl methyl sites for hydroxylation is 2. The van der Waals surface area contributed by atoms with E-state index in [9.17, 15) is 0 Å². The number of nitrogens with one attached hydrogen (secondary N) is 1. The van der Waals surface area contributed by atoms with Crippen LogP contribution in [0.4, 0.5) is 5.95 Å². The minimum Gasteiger partial charge on any atom is -0.355 e. The molecule has 2 rings (SSSR count). The summed E-state index contributed by atoms with van der Waals surface area (Å²) in [5, 5.41) is 13.9. The van der Waals surface area contributed by atoms with E-state index in [1.165, 1.54) is 4.88 Å². The van der Waals surface area contributed by atoms with Gasteiger partial charge in [-0.3, -0.25) is 4.57 Å². The van der Waals surface area contributed by atoms with Gasteiger partial charge in [-0.05, 0) is 38.1 Å². The largest absolute Gasteiger partial charge is 0.355 e. The van der Waals surface area contributed by atoms with Crippen molar-refractivity contribution >= 4 is 17.3 Å². The van der Waals surface area contributed by atoms with Crippen molar-refractivity contribution in [3.63, 3.8) is 0 Å². The zero-order valence-corrected chi connectivity index (χ0v) is 11.8. The van der Waals surface area contributed by atoms with E-state index < -0.39 is 0 Å². The summed E-state index contributed by atoms with van der Waals surface area (Å²) in [5.74, 6) is 1.98. The molecule has 0 radical (unpaired) electrons. The molecule has 0 aliphatic rings. The first-order valence-electron chi connectivity index (χ1n) is 6.53. The second-order valence-electron chi connectivity index (χ2n) is 4.15. The molecule has 0 aliphatic heterocycles. The van der Waals surface area contributed by atoms with Gasteiger partial charge in [0, 0.05) is 24.4 Å². The summed E-state index contributed by atoms with van der Waals surface area (Å²) in [4.78, 5) is 1.45. The Bertz CT molecular complexity index is 461. The van der Waals surface area contributed by atoms with Gasteiger partial charge in [0.1, 0.15) is 5.82 Å². The van der Waals surface area contributed by atoms with Crippen LogP contribution < -0.4 is 5.32 Å². The molecular weight excluding hydrogens is 244 g/mol. The zero-order chi connectivity index (χ0) is 12.8. The van der Waals surface area contributed by atoms with Crippen LogP contribution in [0.3, 0.4) is 0 Å². The second kappa shape index (κ2) is 6.54. The summed E-state index contributed by atoms with van der Waals surface area (Å²) in [6, 6.07) is 4.30. The molecule has 5 heteroatoms. The number of hydrogen-bond donors (Lipinski definition) is 1. The van der Waals surface area contributed by atoms with Crippen LogP contribution in [0.25, 0.3) is 0 Å². The van der Waals surface area contributed by atoms with Crippen LogP contribution in [0.1, 0.15) is 31.0 Å². The van der Waals surface area contributed by atoms with Crippen LogP contribution in [-0.4, -0.2) is 21.3 Å². The lowest BCUT2D eigenvalue weighted by Gasteiger charge is -2.07. The van der Waals surface area contributed by atoms with Gasteiger partial charge in [0.05, 0.1) is 0 Å². The molecule has 4 nitrogen and oxygen atoms in total. The molecule has 0 saturated carbocycles. The first-order chi connectivity index (χ1) is 8.85. The van der Waals surface area contributed by atoms with Crippen LogP contribution in [0, 0.1) is 0 Å². The van der Waals surface area contributed by atoms with E-state index in [-0.39, 0.29) is 0 Å². The molecule has 18 heavy (non-hydrogen) atoms. The molecule has 2 aromatic rings. The Hall–Kier alpha value is -1.36. The average molecular weight is 264 g/mol. The summed E-state index contributed by atoms with van der Waals surface area (Å²) >= 11 is 1.83. The fourth-order valence-corrected chi connectivity index (χ4v) is 2.77. The van der Waals surface area contributed by atoms with Crippen LogP contribution in [0.15, 0.2) is 17.5 Å². The van der Waals surface area contributed by atoms with Crippen molar-refractivity contribution in [3.8, 4) is 0 Å². The van der Waals surface area contributed by atoms with Crippen LogP contribution >= 0.6 is 11.3 Å². The minimum atomic E-state index is 0.882. The highest BCUT2D eigenvalue weighted by molar-refractivity contribution is 7.09. The second-order valence-corrected chi connectivity index (χ2v) is 5.18. The van der Waals surface area contributed by atoms with Gasteiger partial charge in [-0.1, -0.05) is 6.07 Å². The standard InChI is InChI=1S/C13H20N4S/c1-3-14-13-16-15-12(17(13)4-2)9-5-7-11-8-6-10-18-11/h6,8,10H,3-5,7,9H2,1-2H3,(H,14,16). The quantitative estimate of drug-likeness (QED) is 0.836. The minimum absolute atomic E-state index is 0.882. The van der Waals surface area contributed by atoms with Crippen molar-refractivity contribution in [1.82, 2.24) is 14.8 Å². The summed E-state index contributed by atoms with van der Waals surface area (Å²) in [6.45, 7) is 6.01. The van der Waals surface area contributed by atoms with Gasteiger partial charge in [0.2, 0.25) is 5.95 Å². The first-order valence-corrected chi connectivity index (χ1v) is 7.41. The molecule has 2 aromatic heterocycles. The van der Waals surface area contributed by atoms with E-state index in [0.29, 0.717) is 0 Å². The molecule has 0 spiro atoms. The predicted octanol–water partition coefficient (Wildman–Crippen LogP) is 2.97. The molecule has 0 bridgehead atoms. The number of anilines is 1. The molecule has 1 N–H and O–H groups in total. The Labute approximate surface area is 112 Å². The third-order valence-electron chi connectivity index (χ3n) is 2.88. The maximum Gasteiger partial charge on any atom is 0.224 e. The lowest BCUT2D eigenvalue weighted by molar-refractivity contribution is 0.672. The van der Waals surface area contributed by atoms with Crippen molar-refractivity contribution < 1.29 is 0 Å².